The fourth-order valence-corrected chi connectivity index (χ4v) is 5.48. The van der Waals surface area contributed by atoms with E-state index >= 15 is 0 Å². The van der Waals surface area contributed by atoms with Gasteiger partial charge < -0.3 is 9.84 Å². The zero-order valence-corrected chi connectivity index (χ0v) is 22.2. The number of hydrogen-bond donors (Lipinski definition) is 1. The smallest absolute Gasteiger partial charge is 0.303 e. The summed E-state index contributed by atoms with van der Waals surface area (Å²) in [5, 5.41) is 20.3. The summed E-state index contributed by atoms with van der Waals surface area (Å²) >= 11 is 1.46. The van der Waals surface area contributed by atoms with Crippen molar-refractivity contribution in [3.63, 3.8) is 0 Å². The Bertz CT molecular complexity index is 1340. The predicted molar refractivity (Wildman–Crippen MR) is 146 cm³/mol. The first-order valence-electron chi connectivity index (χ1n) is 12.7. The lowest BCUT2D eigenvalue weighted by Gasteiger charge is -2.24. The van der Waals surface area contributed by atoms with Crippen molar-refractivity contribution >= 4 is 22.9 Å². The number of hydrogen-bond acceptors (Lipinski definition) is 4. The van der Waals surface area contributed by atoms with E-state index in [-0.39, 0.29) is 17.7 Å². The Morgan fingerprint density at radius 1 is 1.19 bits per heavy atom. The fourth-order valence-electron chi connectivity index (χ4n) is 4.39. The quantitative estimate of drug-likeness (QED) is 0.326. The summed E-state index contributed by atoms with van der Waals surface area (Å²) in [6.45, 7) is 4.71. The molecule has 0 atom stereocenters. The third-order valence-corrected chi connectivity index (χ3v) is 7.66. The number of benzene rings is 2. The minimum atomic E-state index is -0.832. The van der Waals surface area contributed by atoms with Gasteiger partial charge in [0.25, 0.3) is 0 Å². The number of aryl methyl sites for hydroxylation is 1. The van der Waals surface area contributed by atoms with Crippen LogP contribution in [-0.2, 0) is 17.8 Å². The van der Waals surface area contributed by atoms with E-state index in [0.717, 1.165) is 34.4 Å². The van der Waals surface area contributed by atoms with Crippen molar-refractivity contribution in [1.29, 1.82) is 5.26 Å². The second-order valence-corrected chi connectivity index (χ2v) is 11.1. The molecule has 1 N–H and O–H groups in total. The van der Waals surface area contributed by atoms with Gasteiger partial charge in [-0.2, -0.15) is 5.26 Å². The van der Waals surface area contributed by atoms with E-state index in [1.54, 1.807) is 6.07 Å². The lowest BCUT2D eigenvalue weighted by Crippen LogP contribution is -2.11. The van der Waals surface area contributed by atoms with Gasteiger partial charge in [-0.15, -0.1) is 11.3 Å². The molecule has 6 heteroatoms. The Morgan fingerprint density at radius 2 is 1.97 bits per heavy atom. The largest absolute Gasteiger partial charge is 0.489 e. The number of rotatable bonds is 8. The van der Waals surface area contributed by atoms with Gasteiger partial charge in [0.2, 0.25) is 0 Å². The summed E-state index contributed by atoms with van der Waals surface area (Å²) in [7, 11) is 0. The zero-order chi connectivity index (χ0) is 26.4. The topological polar surface area (TPSA) is 70.3 Å². The van der Waals surface area contributed by atoms with Gasteiger partial charge in [0.15, 0.2) is 0 Å². The van der Waals surface area contributed by atoms with Crippen LogP contribution in [0.25, 0.3) is 16.0 Å². The van der Waals surface area contributed by atoms with Crippen molar-refractivity contribution < 1.29 is 19.0 Å². The SMILES string of the molecule is C1CC1.CC1(C)CCC=C1c1c(COc2cccc(CCC(=O)O)c2)csc1-c1cc(C#N)ccc1F. The van der Waals surface area contributed by atoms with E-state index in [4.69, 9.17) is 9.84 Å². The first-order valence-corrected chi connectivity index (χ1v) is 13.6. The average molecular weight is 518 g/mol. The van der Waals surface area contributed by atoms with Gasteiger partial charge in [-0.1, -0.05) is 51.3 Å². The zero-order valence-electron chi connectivity index (χ0n) is 21.4. The van der Waals surface area contributed by atoms with Crippen LogP contribution in [0.4, 0.5) is 4.39 Å². The van der Waals surface area contributed by atoms with Crippen LogP contribution < -0.4 is 4.74 Å². The first kappa shape index (κ1) is 26.6. The maximum atomic E-state index is 14.9. The van der Waals surface area contributed by atoms with E-state index in [1.807, 2.05) is 29.6 Å². The van der Waals surface area contributed by atoms with E-state index in [2.05, 4.69) is 26.0 Å². The molecule has 1 aromatic heterocycles. The van der Waals surface area contributed by atoms with E-state index < -0.39 is 5.97 Å². The Morgan fingerprint density at radius 3 is 2.62 bits per heavy atom. The highest BCUT2D eigenvalue weighted by molar-refractivity contribution is 7.14. The minimum absolute atomic E-state index is 0.0510. The van der Waals surface area contributed by atoms with Crippen LogP contribution in [0.1, 0.15) is 74.6 Å². The molecule has 3 aromatic rings. The Labute approximate surface area is 222 Å². The molecule has 0 saturated heterocycles. The molecule has 2 aromatic carbocycles. The predicted octanol–water partition coefficient (Wildman–Crippen LogP) is 8.40. The maximum absolute atomic E-state index is 14.9. The molecule has 4 nitrogen and oxygen atoms in total. The maximum Gasteiger partial charge on any atom is 0.303 e. The number of thiophene rings is 1. The van der Waals surface area contributed by atoms with Crippen LogP contribution in [0.3, 0.4) is 0 Å². The highest BCUT2D eigenvalue weighted by atomic mass is 32.1. The van der Waals surface area contributed by atoms with E-state index in [9.17, 15) is 14.4 Å². The van der Waals surface area contributed by atoms with Gasteiger partial charge in [-0.05, 0) is 71.5 Å². The van der Waals surface area contributed by atoms with Crippen LogP contribution in [0.15, 0.2) is 53.9 Å². The first-order chi connectivity index (χ1) is 17.8. The molecule has 1 saturated carbocycles. The number of halogens is 1. The Balaban J connectivity index is 0.000000994. The van der Waals surface area contributed by atoms with Gasteiger partial charge in [-0.3, -0.25) is 4.79 Å². The number of nitrogens with zero attached hydrogens (tertiary/aromatic N) is 1. The number of carboxylic acids is 1. The molecule has 1 heterocycles. The highest BCUT2D eigenvalue weighted by Gasteiger charge is 2.33. The molecule has 37 heavy (non-hydrogen) atoms. The van der Waals surface area contributed by atoms with Crippen molar-refractivity contribution in [2.45, 2.75) is 65.4 Å². The highest BCUT2D eigenvalue weighted by Crippen LogP contribution is 2.50. The molecule has 1 fully saturated rings. The summed E-state index contributed by atoms with van der Waals surface area (Å²) in [5.74, 6) is -0.516. The van der Waals surface area contributed by atoms with Gasteiger partial charge in [0, 0.05) is 28.0 Å². The minimum Gasteiger partial charge on any atom is -0.489 e. The standard InChI is InChI=1S/C28H26FNO3S.C3H6/c1-28(2)12-4-7-23(28)26-20(16-33-21-6-3-5-18(13-21)9-11-25(31)32)17-34-27(26)22-14-19(15-30)8-10-24(22)29;1-2-3-1/h3,5-8,10,13-14,17H,4,9,11-12,16H2,1-2H3,(H,31,32);1-3H2. The van der Waals surface area contributed by atoms with Crippen molar-refractivity contribution in [2.75, 3.05) is 0 Å². The summed E-state index contributed by atoms with van der Waals surface area (Å²) in [6, 6.07) is 14.0. The van der Waals surface area contributed by atoms with Crippen LogP contribution in [0, 0.1) is 22.6 Å². The Hall–Kier alpha value is -3.43. The third-order valence-electron chi connectivity index (χ3n) is 6.60. The molecule has 0 aliphatic heterocycles. The van der Waals surface area contributed by atoms with Crippen LogP contribution in [0.2, 0.25) is 0 Å². The van der Waals surface area contributed by atoms with Gasteiger partial charge in [0.1, 0.15) is 18.2 Å². The average Bonchev–Trinajstić information content (AvgIpc) is 3.65. The van der Waals surface area contributed by atoms with Crippen LogP contribution in [0.5, 0.6) is 5.75 Å². The summed E-state index contributed by atoms with van der Waals surface area (Å²) in [5.41, 5.74) is 4.85. The van der Waals surface area contributed by atoms with Crippen LogP contribution in [-0.4, -0.2) is 11.1 Å². The number of allylic oxidation sites excluding steroid dienone is 2. The number of aliphatic carboxylic acids is 1. The molecule has 5 rings (SSSR count). The molecule has 2 aliphatic rings. The summed E-state index contributed by atoms with van der Waals surface area (Å²) < 4.78 is 21.0. The van der Waals surface area contributed by atoms with Crippen molar-refractivity contribution in [2.24, 2.45) is 5.41 Å². The number of carboxylic acid groups (broad SMARTS) is 1. The lowest BCUT2D eigenvalue weighted by molar-refractivity contribution is -0.136. The monoisotopic (exact) mass is 517 g/mol. The molecule has 2 aliphatic carbocycles. The molecule has 0 amide bonds. The lowest BCUT2D eigenvalue weighted by atomic mass is 9.80. The second kappa shape index (κ2) is 11.7. The number of carbonyl (C=O) groups is 1. The molecular weight excluding hydrogens is 485 g/mol. The number of ether oxygens (including phenoxy) is 1. The molecular formula is C31H32FNO3S. The van der Waals surface area contributed by atoms with Crippen molar-refractivity contribution in [1.82, 2.24) is 0 Å². The van der Waals surface area contributed by atoms with E-state index in [0.29, 0.717) is 29.9 Å². The Kier molecular flexibility index (Phi) is 8.45. The molecule has 0 unspecified atom stereocenters. The molecule has 0 bridgehead atoms. The van der Waals surface area contributed by atoms with Crippen LogP contribution >= 0.6 is 11.3 Å². The third kappa shape index (κ3) is 6.87. The summed E-state index contributed by atoms with van der Waals surface area (Å²) in [6.07, 6.45) is 9.22. The van der Waals surface area contributed by atoms with Crippen molar-refractivity contribution in [3.05, 3.63) is 82.0 Å². The van der Waals surface area contributed by atoms with E-state index in [1.165, 1.54) is 48.3 Å². The normalized spacial score (nSPS) is 15.2. The van der Waals surface area contributed by atoms with Gasteiger partial charge in [0.05, 0.1) is 11.6 Å². The second-order valence-electron chi connectivity index (χ2n) is 10.2. The molecule has 0 spiro atoms. The van der Waals surface area contributed by atoms with Gasteiger partial charge in [-0.25, -0.2) is 4.39 Å². The fraction of sp³-hybridized carbons (Fsp3) is 0.355. The molecule has 192 valence electrons. The van der Waals surface area contributed by atoms with Gasteiger partial charge >= 0.3 is 5.97 Å². The number of nitriles is 1. The van der Waals surface area contributed by atoms with Crippen molar-refractivity contribution in [3.8, 4) is 22.3 Å². The molecule has 0 radical (unpaired) electrons. The summed E-state index contributed by atoms with van der Waals surface area (Å²) in [4.78, 5) is 11.7.